The zero-order chi connectivity index (χ0) is 12.5. The second kappa shape index (κ2) is 4.93. The van der Waals surface area contributed by atoms with Gasteiger partial charge >= 0.3 is 0 Å². The largest absolute Gasteiger partial charge is 0.365 e. The molecule has 0 radical (unpaired) electrons. The van der Waals surface area contributed by atoms with Gasteiger partial charge in [-0.3, -0.25) is 0 Å². The summed E-state index contributed by atoms with van der Waals surface area (Å²) in [5, 5.41) is 3.49. The SMILES string of the molecule is CNC1CC2CCCC(C1)N2c1cccc(C)c1. The third kappa shape index (κ3) is 2.14. The van der Waals surface area contributed by atoms with Crippen LogP contribution in [-0.4, -0.2) is 25.2 Å². The number of fused-ring (bicyclic) bond motifs is 2. The van der Waals surface area contributed by atoms with Gasteiger partial charge in [0.1, 0.15) is 0 Å². The summed E-state index contributed by atoms with van der Waals surface area (Å²) in [6.07, 6.45) is 6.75. The Balaban J connectivity index is 1.88. The van der Waals surface area contributed by atoms with E-state index in [4.69, 9.17) is 0 Å². The van der Waals surface area contributed by atoms with Gasteiger partial charge in [-0.05, 0) is 63.8 Å². The van der Waals surface area contributed by atoms with Gasteiger partial charge in [-0.1, -0.05) is 12.1 Å². The van der Waals surface area contributed by atoms with Crippen LogP contribution in [0.15, 0.2) is 24.3 Å². The molecule has 2 heterocycles. The zero-order valence-corrected chi connectivity index (χ0v) is 11.5. The number of hydrogen-bond donors (Lipinski definition) is 1. The van der Waals surface area contributed by atoms with E-state index in [1.165, 1.54) is 43.4 Å². The Morgan fingerprint density at radius 3 is 2.50 bits per heavy atom. The van der Waals surface area contributed by atoms with Crippen molar-refractivity contribution >= 4 is 5.69 Å². The van der Waals surface area contributed by atoms with Crippen molar-refractivity contribution in [3.05, 3.63) is 29.8 Å². The van der Waals surface area contributed by atoms with E-state index in [9.17, 15) is 0 Å². The van der Waals surface area contributed by atoms with Gasteiger partial charge in [0.2, 0.25) is 0 Å². The lowest BCUT2D eigenvalue weighted by Crippen LogP contribution is -2.56. The summed E-state index contributed by atoms with van der Waals surface area (Å²) in [4.78, 5) is 2.71. The Morgan fingerprint density at radius 2 is 1.89 bits per heavy atom. The number of piperidine rings is 2. The number of anilines is 1. The predicted octanol–water partition coefficient (Wildman–Crippen LogP) is 3.10. The lowest BCUT2D eigenvalue weighted by molar-refractivity contribution is 0.252. The molecular formula is C16H24N2. The molecule has 0 aromatic heterocycles. The molecule has 3 rings (SSSR count). The Bertz CT molecular complexity index is 401. The van der Waals surface area contributed by atoms with Gasteiger partial charge < -0.3 is 10.2 Å². The zero-order valence-electron chi connectivity index (χ0n) is 11.5. The number of hydrogen-bond acceptors (Lipinski definition) is 2. The average molecular weight is 244 g/mol. The molecule has 2 atom stereocenters. The Labute approximate surface area is 110 Å². The molecule has 2 nitrogen and oxygen atoms in total. The minimum Gasteiger partial charge on any atom is -0.365 e. The number of nitrogens with zero attached hydrogens (tertiary/aromatic N) is 1. The first kappa shape index (κ1) is 12.0. The summed E-state index contributed by atoms with van der Waals surface area (Å²) < 4.78 is 0. The standard InChI is InChI=1S/C16H24N2/c1-12-5-3-6-14(9-12)18-15-7-4-8-16(18)11-13(10-15)17-2/h3,5-6,9,13,15-17H,4,7-8,10-11H2,1-2H3. The molecule has 1 aromatic rings. The second-order valence-electron chi connectivity index (χ2n) is 5.94. The fraction of sp³-hybridized carbons (Fsp3) is 0.625. The van der Waals surface area contributed by atoms with Crippen LogP contribution in [-0.2, 0) is 0 Å². The minimum atomic E-state index is 0.723. The van der Waals surface area contributed by atoms with E-state index >= 15 is 0 Å². The molecule has 2 bridgehead atoms. The van der Waals surface area contributed by atoms with E-state index in [0.717, 1.165) is 18.1 Å². The molecule has 0 saturated carbocycles. The monoisotopic (exact) mass is 244 g/mol. The molecule has 2 aliphatic heterocycles. The summed E-state index contributed by atoms with van der Waals surface area (Å²) in [5.41, 5.74) is 2.82. The molecule has 2 heteroatoms. The highest BCUT2D eigenvalue weighted by Crippen LogP contribution is 2.37. The molecular weight excluding hydrogens is 220 g/mol. The van der Waals surface area contributed by atoms with Crippen LogP contribution < -0.4 is 10.2 Å². The van der Waals surface area contributed by atoms with Crippen LogP contribution in [0.3, 0.4) is 0 Å². The van der Waals surface area contributed by atoms with Crippen molar-refractivity contribution in [2.75, 3.05) is 11.9 Å². The number of aryl methyl sites for hydroxylation is 1. The lowest BCUT2D eigenvalue weighted by atomic mass is 9.81. The first-order valence-corrected chi connectivity index (χ1v) is 7.30. The van der Waals surface area contributed by atoms with Crippen molar-refractivity contribution in [3.63, 3.8) is 0 Å². The first-order valence-electron chi connectivity index (χ1n) is 7.30. The molecule has 0 aliphatic carbocycles. The predicted molar refractivity (Wildman–Crippen MR) is 77.2 cm³/mol. The summed E-state index contributed by atoms with van der Waals surface area (Å²) in [6.45, 7) is 2.19. The van der Waals surface area contributed by atoms with E-state index < -0.39 is 0 Å². The van der Waals surface area contributed by atoms with Crippen LogP contribution in [0.25, 0.3) is 0 Å². The molecule has 2 aliphatic rings. The number of benzene rings is 1. The van der Waals surface area contributed by atoms with E-state index in [1.807, 2.05) is 0 Å². The maximum Gasteiger partial charge on any atom is 0.0373 e. The first-order chi connectivity index (χ1) is 8.78. The van der Waals surface area contributed by atoms with Crippen LogP contribution in [0.2, 0.25) is 0 Å². The van der Waals surface area contributed by atoms with Crippen LogP contribution in [0, 0.1) is 6.92 Å². The quantitative estimate of drug-likeness (QED) is 0.860. The van der Waals surface area contributed by atoms with E-state index in [-0.39, 0.29) is 0 Å². The van der Waals surface area contributed by atoms with Crippen LogP contribution >= 0.6 is 0 Å². The van der Waals surface area contributed by atoms with Gasteiger partial charge in [-0.15, -0.1) is 0 Å². The smallest absolute Gasteiger partial charge is 0.0373 e. The highest BCUT2D eigenvalue weighted by Gasteiger charge is 2.37. The van der Waals surface area contributed by atoms with Gasteiger partial charge in [-0.25, -0.2) is 0 Å². The average Bonchev–Trinajstić information content (AvgIpc) is 2.37. The fourth-order valence-corrected chi connectivity index (χ4v) is 3.83. The molecule has 98 valence electrons. The van der Waals surface area contributed by atoms with Crippen molar-refractivity contribution in [3.8, 4) is 0 Å². The third-order valence-corrected chi connectivity index (χ3v) is 4.68. The van der Waals surface area contributed by atoms with E-state index in [1.54, 1.807) is 0 Å². The molecule has 2 unspecified atom stereocenters. The Kier molecular flexibility index (Phi) is 3.29. The lowest BCUT2D eigenvalue weighted by Gasteiger charge is -2.50. The van der Waals surface area contributed by atoms with E-state index in [2.05, 4.69) is 48.5 Å². The van der Waals surface area contributed by atoms with Crippen molar-refractivity contribution < 1.29 is 0 Å². The molecule has 18 heavy (non-hydrogen) atoms. The Hall–Kier alpha value is -1.02. The van der Waals surface area contributed by atoms with Crippen LogP contribution in [0.1, 0.15) is 37.7 Å². The highest BCUT2D eigenvalue weighted by atomic mass is 15.2. The summed E-state index contributed by atoms with van der Waals surface area (Å²) in [5.74, 6) is 0. The molecule has 0 amide bonds. The van der Waals surface area contributed by atoms with Crippen molar-refractivity contribution in [1.82, 2.24) is 5.32 Å². The number of rotatable bonds is 2. The van der Waals surface area contributed by atoms with Gasteiger partial charge in [-0.2, -0.15) is 0 Å². The fourth-order valence-electron chi connectivity index (χ4n) is 3.83. The van der Waals surface area contributed by atoms with Gasteiger partial charge in [0.25, 0.3) is 0 Å². The molecule has 1 aromatic carbocycles. The third-order valence-electron chi connectivity index (χ3n) is 4.68. The van der Waals surface area contributed by atoms with Gasteiger partial charge in [0, 0.05) is 23.8 Å². The normalized spacial score (nSPS) is 31.4. The van der Waals surface area contributed by atoms with Crippen molar-refractivity contribution in [2.45, 2.75) is 57.2 Å². The summed E-state index contributed by atoms with van der Waals surface area (Å²) >= 11 is 0. The summed E-state index contributed by atoms with van der Waals surface area (Å²) in [6, 6.07) is 11.3. The van der Waals surface area contributed by atoms with Crippen molar-refractivity contribution in [1.29, 1.82) is 0 Å². The van der Waals surface area contributed by atoms with Gasteiger partial charge in [0.05, 0.1) is 0 Å². The van der Waals surface area contributed by atoms with Crippen LogP contribution in [0.4, 0.5) is 5.69 Å². The summed E-state index contributed by atoms with van der Waals surface area (Å²) in [7, 11) is 2.11. The molecule has 2 saturated heterocycles. The highest BCUT2D eigenvalue weighted by molar-refractivity contribution is 5.51. The minimum absolute atomic E-state index is 0.723. The second-order valence-corrected chi connectivity index (χ2v) is 5.94. The molecule has 2 fully saturated rings. The number of nitrogens with one attached hydrogen (secondary N) is 1. The van der Waals surface area contributed by atoms with Crippen molar-refractivity contribution in [2.24, 2.45) is 0 Å². The van der Waals surface area contributed by atoms with Gasteiger partial charge in [0.15, 0.2) is 0 Å². The van der Waals surface area contributed by atoms with E-state index in [0.29, 0.717) is 0 Å². The topological polar surface area (TPSA) is 15.3 Å². The maximum atomic E-state index is 3.49. The molecule has 0 spiro atoms. The molecule has 1 N–H and O–H groups in total. The van der Waals surface area contributed by atoms with Crippen LogP contribution in [0.5, 0.6) is 0 Å². The maximum absolute atomic E-state index is 3.49. The Morgan fingerprint density at radius 1 is 1.17 bits per heavy atom.